The molecule has 2 N–H and O–H groups in total. The van der Waals surface area contributed by atoms with Crippen LogP contribution in [0.2, 0.25) is 0 Å². The summed E-state index contributed by atoms with van der Waals surface area (Å²) >= 11 is 0. The van der Waals surface area contributed by atoms with Crippen molar-refractivity contribution >= 4 is 23.2 Å². The van der Waals surface area contributed by atoms with Crippen molar-refractivity contribution in [3.63, 3.8) is 0 Å². The Morgan fingerprint density at radius 3 is 2.00 bits per heavy atom. The largest absolute Gasteiger partial charge is 0.494 e. The molecule has 0 atom stereocenters. The van der Waals surface area contributed by atoms with E-state index in [1.165, 1.54) is 14.2 Å². The fourth-order valence-corrected chi connectivity index (χ4v) is 4.46. The highest BCUT2D eigenvalue weighted by atomic mass is 16.5. The molecule has 2 amide bonds. The molecule has 0 spiro atoms. The molecule has 0 fully saturated rings. The number of benzene rings is 3. The Kier molecular flexibility index (Phi) is 6.40. The van der Waals surface area contributed by atoms with Gasteiger partial charge in [-0.15, -0.1) is 0 Å². The van der Waals surface area contributed by atoms with Crippen molar-refractivity contribution in [2.24, 2.45) is 0 Å². The number of nitrogens with zero attached hydrogens (tertiary/aromatic N) is 2. The van der Waals surface area contributed by atoms with Crippen LogP contribution in [0.3, 0.4) is 0 Å². The normalized spacial score (nSPS) is 12.1. The number of nitrogens with one attached hydrogen (secondary N) is 2. The van der Waals surface area contributed by atoms with E-state index in [1.807, 2.05) is 41.1 Å². The molecule has 8 nitrogen and oxygen atoms in total. The van der Waals surface area contributed by atoms with Gasteiger partial charge < -0.3 is 20.1 Å². The molecule has 1 aliphatic carbocycles. The van der Waals surface area contributed by atoms with E-state index in [-0.39, 0.29) is 11.8 Å². The Balaban J connectivity index is 1.44. The first-order valence-electron chi connectivity index (χ1n) is 11.7. The Morgan fingerprint density at radius 1 is 0.806 bits per heavy atom. The van der Waals surface area contributed by atoms with Gasteiger partial charge in [0.15, 0.2) is 5.69 Å². The second-order valence-corrected chi connectivity index (χ2v) is 8.40. The van der Waals surface area contributed by atoms with Crippen LogP contribution in [-0.4, -0.2) is 35.8 Å². The summed E-state index contributed by atoms with van der Waals surface area (Å²) in [6.45, 7) is 0. The fourth-order valence-electron chi connectivity index (χ4n) is 4.46. The van der Waals surface area contributed by atoms with Crippen LogP contribution in [0, 0.1) is 0 Å². The van der Waals surface area contributed by atoms with Gasteiger partial charge in [-0.25, -0.2) is 4.68 Å². The third-order valence-electron chi connectivity index (χ3n) is 6.20. The topological polar surface area (TPSA) is 94.5 Å². The molecule has 0 radical (unpaired) electrons. The van der Waals surface area contributed by atoms with Crippen molar-refractivity contribution in [3.8, 4) is 17.2 Å². The van der Waals surface area contributed by atoms with Gasteiger partial charge in [0.25, 0.3) is 11.8 Å². The van der Waals surface area contributed by atoms with E-state index in [4.69, 9.17) is 9.47 Å². The molecule has 4 aromatic rings. The Morgan fingerprint density at radius 2 is 1.39 bits per heavy atom. The predicted molar refractivity (Wildman–Crippen MR) is 137 cm³/mol. The third kappa shape index (κ3) is 4.40. The van der Waals surface area contributed by atoms with Gasteiger partial charge >= 0.3 is 0 Å². The summed E-state index contributed by atoms with van der Waals surface area (Å²) in [6, 6.07) is 21.9. The number of hydrogen-bond acceptors (Lipinski definition) is 5. The van der Waals surface area contributed by atoms with E-state index in [0.29, 0.717) is 34.1 Å². The predicted octanol–water partition coefficient (Wildman–Crippen LogP) is 4.88. The highest BCUT2D eigenvalue weighted by Gasteiger charge is 2.28. The summed E-state index contributed by atoms with van der Waals surface area (Å²) in [5.41, 5.74) is 4.71. The molecule has 1 heterocycles. The van der Waals surface area contributed by atoms with Gasteiger partial charge in [-0.05, 0) is 43.5 Å². The van der Waals surface area contributed by atoms with Gasteiger partial charge in [0, 0.05) is 29.0 Å². The average Bonchev–Trinajstić information content (AvgIpc) is 3.53. The van der Waals surface area contributed by atoms with Crippen LogP contribution >= 0.6 is 0 Å². The maximum atomic E-state index is 13.4. The summed E-state index contributed by atoms with van der Waals surface area (Å²) in [6.07, 6.45) is 2.65. The number of fused-ring (bicyclic) bond motifs is 1. The van der Waals surface area contributed by atoms with Crippen LogP contribution in [0.15, 0.2) is 72.8 Å². The van der Waals surface area contributed by atoms with Crippen molar-refractivity contribution in [2.75, 3.05) is 24.9 Å². The summed E-state index contributed by atoms with van der Waals surface area (Å²) < 4.78 is 12.9. The van der Waals surface area contributed by atoms with E-state index in [9.17, 15) is 9.59 Å². The Hall–Kier alpha value is -4.59. The van der Waals surface area contributed by atoms with Crippen molar-refractivity contribution in [3.05, 3.63) is 95.3 Å². The lowest BCUT2D eigenvalue weighted by atomic mass is 10.1. The summed E-state index contributed by atoms with van der Waals surface area (Å²) in [5, 5.41) is 10.4. The monoisotopic (exact) mass is 482 g/mol. The first-order chi connectivity index (χ1) is 17.6. The molecule has 8 heteroatoms. The van der Waals surface area contributed by atoms with Gasteiger partial charge in [0.1, 0.15) is 11.5 Å². The number of rotatable bonds is 7. The quantitative estimate of drug-likeness (QED) is 0.391. The SMILES string of the molecule is COc1cc(NC(=O)c2nn(-c3ccccc3)c3c2CCC3)c(OC)cc1NC(=O)c1ccccc1. The van der Waals surface area contributed by atoms with Gasteiger partial charge in [0.05, 0.1) is 31.3 Å². The highest BCUT2D eigenvalue weighted by molar-refractivity contribution is 6.07. The molecule has 3 aromatic carbocycles. The van der Waals surface area contributed by atoms with Crippen molar-refractivity contribution in [1.29, 1.82) is 0 Å². The number of amides is 2. The lowest BCUT2D eigenvalue weighted by Gasteiger charge is -2.16. The van der Waals surface area contributed by atoms with Crippen molar-refractivity contribution < 1.29 is 19.1 Å². The summed E-state index contributed by atoms with van der Waals surface area (Å²) in [5.74, 6) is 0.154. The van der Waals surface area contributed by atoms with Crippen LogP contribution in [0.25, 0.3) is 5.69 Å². The van der Waals surface area contributed by atoms with E-state index in [2.05, 4.69) is 15.7 Å². The van der Waals surface area contributed by atoms with Crippen LogP contribution in [0.4, 0.5) is 11.4 Å². The van der Waals surface area contributed by atoms with Gasteiger partial charge in [-0.3, -0.25) is 9.59 Å². The van der Waals surface area contributed by atoms with Crippen LogP contribution < -0.4 is 20.1 Å². The summed E-state index contributed by atoms with van der Waals surface area (Å²) in [7, 11) is 3.00. The Labute approximate surface area is 208 Å². The number of methoxy groups -OCH3 is 2. The zero-order valence-electron chi connectivity index (χ0n) is 20.1. The lowest BCUT2D eigenvalue weighted by Crippen LogP contribution is -2.16. The van der Waals surface area contributed by atoms with Gasteiger partial charge in [-0.2, -0.15) is 5.10 Å². The molecule has 36 heavy (non-hydrogen) atoms. The molecule has 0 unspecified atom stereocenters. The molecule has 5 rings (SSSR count). The minimum Gasteiger partial charge on any atom is -0.494 e. The van der Waals surface area contributed by atoms with E-state index in [1.54, 1.807) is 36.4 Å². The van der Waals surface area contributed by atoms with Crippen LogP contribution in [-0.2, 0) is 12.8 Å². The van der Waals surface area contributed by atoms with E-state index < -0.39 is 0 Å². The first-order valence-corrected chi connectivity index (χ1v) is 11.7. The fraction of sp³-hybridized carbons (Fsp3) is 0.179. The average molecular weight is 483 g/mol. The molecule has 1 aromatic heterocycles. The van der Waals surface area contributed by atoms with Crippen LogP contribution in [0.5, 0.6) is 11.5 Å². The number of ether oxygens (including phenoxy) is 2. The standard InChI is InChI=1S/C28H26N4O4/c1-35-24-17-22(25(36-2)16-21(24)29-27(33)18-10-5-3-6-11-18)30-28(34)26-20-14-9-15-23(20)32(31-26)19-12-7-4-8-13-19/h3-8,10-13,16-17H,9,14-15H2,1-2H3,(H,29,33)(H,30,34). The molecule has 1 aliphatic rings. The number of hydrogen-bond donors (Lipinski definition) is 2. The zero-order valence-corrected chi connectivity index (χ0v) is 20.1. The smallest absolute Gasteiger partial charge is 0.276 e. The zero-order chi connectivity index (χ0) is 25.1. The maximum Gasteiger partial charge on any atom is 0.276 e. The Bertz CT molecular complexity index is 1410. The minimum absolute atomic E-state index is 0.283. The third-order valence-corrected chi connectivity index (χ3v) is 6.20. The number of carbonyl (C=O) groups excluding carboxylic acids is 2. The van der Waals surface area contributed by atoms with Gasteiger partial charge in [-0.1, -0.05) is 36.4 Å². The molecule has 182 valence electrons. The number of carbonyl (C=O) groups is 2. The maximum absolute atomic E-state index is 13.4. The van der Waals surface area contributed by atoms with Crippen molar-refractivity contribution in [2.45, 2.75) is 19.3 Å². The molecular weight excluding hydrogens is 456 g/mol. The molecule has 0 bridgehead atoms. The molecule has 0 aliphatic heterocycles. The van der Waals surface area contributed by atoms with Crippen molar-refractivity contribution in [1.82, 2.24) is 9.78 Å². The minimum atomic E-state index is -0.329. The number of anilines is 2. The van der Waals surface area contributed by atoms with Crippen LogP contribution in [0.1, 0.15) is 38.5 Å². The lowest BCUT2D eigenvalue weighted by molar-refractivity contribution is 0.101. The summed E-state index contributed by atoms with van der Waals surface area (Å²) in [4.78, 5) is 26.1. The number of aromatic nitrogens is 2. The van der Waals surface area contributed by atoms with Gasteiger partial charge in [0.2, 0.25) is 0 Å². The second-order valence-electron chi connectivity index (χ2n) is 8.40. The van der Waals surface area contributed by atoms with E-state index in [0.717, 1.165) is 36.2 Å². The highest BCUT2D eigenvalue weighted by Crippen LogP contribution is 2.37. The second kappa shape index (κ2) is 9.95. The molecular formula is C28H26N4O4. The molecule has 0 saturated carbocycles. The number of para-hydroxylation sites is 1. The van der Waals surface area contributed by atoms with E-state index >= 15 is 0 Å². The first kappa shape index (κ1) is 23.2. The molecule has 0 saturated heterocycles.